The fraction of sp³-hybridized carbons (Fsp3) is 0.625. The molecule has 1 aromatic carbocycles. The third-order valence-electron chi connectivity index (χ3n) is 6.32. The molecule has 1 aromatic rings. The second-order valence-corrected chi connectivity index (χ2v) is 9.91. The average molecular weight is 384 g/mol. The van der Waals surface area contributed by atoms with Gasteiger partial charge in [-0.25, -0.2) is 0 Å². The Morgan fingerprint density at radius 1 is 1.11 bits per heavy atom. The summed E-state index contributed by atoms with van der Waals surface area (Å²) in [6, 6.07) is 4.12. The number of aryl methyl sites for hydroxylation is 3. The maximum atomic E-state index is 13.2. The molecule has 4 heteroatoms. The number of hydrogen-bond acceptors (Lipinski definition) is 3. The fourth-order valence-corrected chi connectivity index (χ4v) is 5.09. The van der Waals surface area contributed by atoms with E-state index < -0.39 is 5.92 Å². The lowest BCUT2D eigenvalue weighted by molar-refractivity contribution is -0.138. The van der Waals surface area contributed by atoms with E-state index in [0.29, 0.717) is 18.9 Å². The minimum atomic E-state index is -0.598. The van der Waals surface area contributed by atoms with Gasteiger partial charge in [0.2, 0.25) is 5.91 Å². The molecule has 2 fully saturated rings. The summed E-state index contributed by atoms with van der Waals surface area (Å²) in [5.41, 5.74) is 3.77. The van der Waals surface area contributed by atoms with Gasteiger partial charge in [0.25, 0.3) is 0 Å². The first-order chi connectivity index (χ1) is 13.0. The molecule has 3 rings (SSSR count). The Hall–Kier alpha value is -1.97. The Labute approximate surface area is 168 Å². The lowest BCUT2D eigenvalue weighted by Gasteiger charge is -2.26. The number of benzene rings is 1. The largest absolute Gasteiger partial charge is 0.342 e. The molecule has 3 atom stereocenters. The van der Waals surface area contributed by atoms with Crippen molar-refractivity contribution in [3.8, 4) is 0 Å². The highest BCUT2D eigenvalue weighted by atomic mass is 16.2. The van der Waals surface area contributed by atoms with Gasteiger partial charge in [0.15, 0.2) is 5.78 Å². The summed E-state index contributed by atoms with van der Waals surface area (Å²) >= 11 is 0. The van der Waals surface area contributed by atoms with Gasteiger partial charge in [0.05, 0.1) is 0 Å². The molecule has 4 nitrogen and oxygen atoms in total. The number of amides is 1. The lowest BCUT2D eigenvalue weighted by Crippen LogP contribution is -2.38. The van der Waals surface area contributed by atoms with Gasteiger partial charge in [-0.15, -0.1) is 0 Å². The Bertz CT molecular complexity index is 795. The number of carbonyl (C=O) groups excluding carboxylic acids is 3. The molecule has 0 spiro atoms. The van der Waals surface area contributed by atoms with Crippen LogP contribution in [0.15, 0.2) is 12.1 Å². The number of hydrogen-bond donors (Lipinski definition) is 0. The molecule has 152 valence electrons. The smallest absolute Gasteiger partial charge is 0.227 e. The number of ketones is 2. The molecule has 0 aromatic heterocycles. The first-order valence-electron chi connectivity index (χ1n) is 10.4. The Balaban J connectivity index is 1.71. The quantitative estimate of drug-likeness (QED) is 0.737. The first-order valence-corrected chi connectivity index (χ1v) is 10.4. The molecular weight excluding hydrogens is 350 g/mol. The highest BCUT2D eigenvalue weighted by molar-refractivity contribution is 6.15. The van der Waals surface area contributed by atoms with Crippen LogP contribution in [0.1, 0.15) is 68.2 Å². The second-order valence-electron chi connectivity index (χ2n) is 9.91. The normalized spacial score (nSPS) is 25.6. The minimum Gasteiger partial charge on any atom is -0.342 e. The van der Waals surface area contributed by atoms with Crippen LogP contribution in [0.3, 0.4) is 0 Å². The number of Topliss-reactive ketones (excluding diaryl/α,β-unsaturated/α-hetero) is 2. The van der Waals surface area contributed by atoms with E-state index >= 15 is 0 Å². The van der Waals surface area contributed by atoms with E-state index in [4.69, 9.17) is 0 Å². The van der Waals surface area contributed by atoms with Gasteiger partial charge in [0, 0.05) is 30.8 Å². The van der Waals surface area contributed by atoms with Crippen molar-refractivity contribution in [1.82, 2.24) is 4.90 Å². The molecule has 0 radical (unpaired) electrons. The monoisotopic (exact) mass is 383 g/mol. The van der Waals surface area contributed by atoms with Crippen LogP contribution >= 0.6 is 0 Å². The Morgan fingerprint density at radius 3 is 2.29 bits per heavy atom. The maximum absolute atomic E-state index is 13.2. The summed E-state index contributed by atoms with van der Waals surface area (Å²) in [7, 11) is 0. The molecule has 1 amide bonds. The van der Waals surface area contributed by atoms with Gasteiger partial charge in [0.1, 0.15) is 11.7 Å². The van der Waals surface area contributed by atoms with E-state index in [1.54, 1.807) is 0 Å². The summed E-state index contributed by atoms with van der Waals surface area (Å²) in [4.78, 5) is 40.4. The van der Waals surface area contributed by atoms with Gasteiger partial charge >= 0.3 is 0 Å². The highest BCUT2D eigenvalue weighted by Crippen LogP contribution is 2.40. The SMILES string of the molecule is Cc1cc(C)c(C2C(=O)CC(CC3CCN(C(=O)C(C)(C)C)C3)C2=O)c(C)c1. The van der Waals surface area contributed by atoms with Crippen LogP contribution in [0.25, 0.3) is 0 Å². The topological polar surface area (TPSA) is 54.5 Å². The van der Waals surface area contributed by atoms with Crippen molar-refractivity contribution in [2.45, 2.75) is 66.7 Å². The van der Waals surface area contributed by atoms with Gasteiger partial charge < -0.3 is 4.90 Å². The molecule has 1 aliphatic carbocycles. The molecule has 1 saturated carbocycles. The maximum Gasteiger partial charge on any atom is 0.227 e. The van der Waals surface area contributed by atoms with Crippen LogP contribution in [0.5, 0.6) is 0 Å². The van der Waals surface area contributed by atoms with Crippen molar-refractivity contribution in [1.29, 1.82) is 0 Å². The van der Waals surface area contributed by atoms with Crippen LogP contribution in [0.2, 0.25) is 0 Å². The number of likely N-dealkylation sites (tertiary alicyclic amines) is 1. The van der Waals surface area contributed by atoms with Crippen molar-refractivity contribution in [3.63, 3.8) is 0 Å². The van der Waals surface area contributed by atoms with E-state index in [-0.39, 0.29) is 28.8 Å². The summed E-state index contributed by atoms with van der Waals surface area (Å²) in [5.74, 6) is -0.169. The van der Waals surface area contributed by atoms with E-state index in [1.165, 1.54) is 0 Å². The summed E-state index contributed by atoms with van der Waals surface area (Å²) in [6.07, 6.45) is 1.99. The zero-order valence-electron chi connectivity index (χ0n) is 18.1. The third-order valence-corrected chi connectivity index (χ3v) is 6.32. The minimum absolute atomic E-state index is 0.0608. The summed E-state index contributed by atoms with van der Waals surface area (Å²) in [6.45, 7) is 13.3. The summed E-state index contributed by atoms with van der Waals surface area (Å²) in [5, 5.41) is 0. The fourth-order valence-electron chi connectivity index (χ4n) is 5.09. The predicted molar refractivity (Wildman–Crippen MR) is 110 cm³/mol. The van der Waals surface area contributed by atoms with Crippen molar-refractivity contribution < 1.29 is 14.4 Å². The van der Waals surface area contributed by atoms with Gasteiger partial charge in [-0.2, -0.15) is 0 Å². The molecular formula is C24H33NO3. The molecule has 2 aliphatic rings. The standard InChI is InChI=1S/C24H33NO3/c1-14-9-15(2)20(16(3)10-14)21-19(26)12-18(22(21)27)11-17-7-8-25(13-17)23(28)24(4,5)6/h9-10,17-18,21H,7-8,11-13H2,1-6H3. The molecule has 0 bridgehead atoms. The van der Waals surface area contributed by atoms with Gasteiger partial charge in [-0.05, 0) is 56.2 Å². The van der Waals surface area contributed by atoms with Crippen molar-refractivity contribution in [2.75, 3.05) is 13.1 Å². The number of nitrogens with zero attached hydrogens (tertiary/aromatic N) is 1. The summed E-state index contributed by atoms with van der Waals surface area (Å²) < 4.78 is 0. The van der Waals surface area contributed by atoms with Crippen LogP contribution in [-0.4, -0.2) is 35.5 Å². The molecule has 1 heterocycles. The molecule has 1 saturated heterocycles. The predicted octanol–water partition coefficient (Wildman–Crippen LogP) is 4.14. The van der Waals surface area contributed by atoms with Crippen LogP contribution in [0, 0.1) is 38.0 Å². The number of rotatable bonds is 3. The van der Waals surface area contributed by atoms with Crippen LogP contribution in [-0.2, 0) is 14.4 Å². The molecule has 1 aliphatic heterocycles. The van der Waals surface area contributed by atoms with Crippen molar-refractivity contribution in [3.05, 3.63) is 34.4 Å². The molecule has 28 heavy (non-hydrogen) atoms. The third kappa shape index (κ3) is 3.92. The van der Waals surface area contributed by atoms with E-state index in [0.717, 1.165) is 41.6 Å². The second kappa shape index (κ2) is 7.46. The molecule has 0 N–H and O–H groups in total. The Morgan fingerprint density at radius 2 is 1.71 bits per heavy atom. The molecule has 3 unspecified atom stereocenters. The van der Waals surface area contributed by atoms with E-state index in [1.807, 2.05) is 46.4 Å². The van der Waals surface area contributed by atoms with Crippen molar-refractivity contribution in [2.24, 2.45) is 17.3 Å². The van der Waals surface area contributed by atoms with E-state index in [2.05, 4.69) is 12.1 Å². The van der Waals surface area contributed by atoms with Gasteiger partial charge in [-0.3, -0.25) is 14.4 Å². The van der Waals surface area contributed by atoms with Gasteiger partial charge in [-0.1, -0.05) is 38.5 Å². The average Bonchev–Trinajstić information content (AvgIpc) is 3.12. The van der Waals surface area contributed by atoms with Crippen LogP contribution < -0.4 is 0 Å². The van der Waals surface area contributed by atoms with E-state index in [9.17, 15) is 14.4 Å². The zero-order valence-corrected chi connectivity index (χ0v) is 18.1. The van der Waals surface area contributed by atoms with Crippen molar-refractivity contribution >= 4 is 17.5 Å². The Kier molecular flexibility index (Phi) is 5.53. The lowest BCUT2D eigenvalue weighted by atomic mass is 9.85. The van der Waals surface area contributed by atoms with Crippen LogP contribution in [0.4, 0.5) is 0 Å². The highest BCUT2D eigenvalue weighted by Gasteiger charge is 2.44. The first kappa shape index (κ1) is 20.8. The zero-order chi connectivity index (χ0) is 20.8. The number of carbonyl (C=O) groups is 3.